The van der Waals surface area contributed by atoms with E-state index in [0.29, 0.717) is 0 Å². The van der Waals surface area contributed by atoms with Crippen molar-refractivity contribution in [3.05, 3.63) is 40.3 Å². The second kappa shape index (κ2) is 6.34. The molecule has 0 unspecified atom stereocenters. The first kappa shape index (κ1) is 15.0. The van der Waals surface area contributed by atoms with Crippen molar-refractivity contribution in [2.75, 3.05) is 11.9 Å². The van der Waals surface area contributed by atoms with Crippen LogP contribution in [0.4, 0.5) is 5.69 Å². The van der Waals surface area contributed by atoms with Gasteiger partial charge in [-0.1, -0.05) is 0 Å². The third-order valence-electron chi connectivity index (χ3n) is 2.81. The monoisotopic (exact) mass is 311 g/mol. The Hall–Kier alpha value is -1.44. The fourth-order valence-electron chi connectivity index (χ4n) is 1.70. The Balaban J connectivity index is 2.08. The molecule has 0 spiro atoms. The zero-order valence-electron chi connectivity index (χ0n) is 11.4. The Morgan fingerprint density at radius 2 is 1.95 bits per heavy atom. The number of nitrogens with zero attached hydrogens (tertiary/aromatic N) is 1. The molecule has 1 heterocycles. The molecule has 0 aliphatic rings. The van der Waals surface area contributed by atoms with E-state index in [-0.39, 0.29) is 11.4 Å². The number of aryl methyl sites for hydroxylation is 1. The van der Waals surface area contributed by atoms with Gasteiger partial charge in [-0.3, -0.25) is 0 Å². The lowest BCUT2D eigenvalue weighted by atomic mass is 10.3. The standard InChI is InChI=1S/C13H17N3O2S2/c1-3-14-11-4-6-12(7-5-11)20(17,18)16-8-13-10(2)15-9-19-13/h4-7,9,14,16H,3,8H2,1-2H3. The Morgan fingerprint density at radius 1 is 1.25 bits per heavy atom. The number of thiazole rings is 1. The molecule has 0 saturated heterocycles. The van der Waals surface area contributed by atoms with Crippen LogP contribution in [0, 0.1) is 6.92 Å². The SMILES string of the molecule is CCNc1ccc(S(=O)(=O)NCc2scnc2C)cc1. The van der Waals surface area contributed by atoms with Gasteiger partial charge in [0.05, 0.1) is 16.1 Å². The van der Waals surface area contributed by atoms with Gasteiger partial charge in [0.2, 0.25) is 10.0 Å². The minimum atomic E-state index is -3.48. The third kappa shape index (κ3) is 3.56. The van der Waals surface area contributed by atoms with Gasteiger partial charge in [0, 0.05) is 23.7 Å². The summed E-state index contributed by atoms with van der Waals surface area (Å²) in [5, 5.41) is 3.13. The molecule has 0 aliphatic heterocycles. The molecule has 0 amide bonds. The number of rotatable bonds is 6. The first-order valence-corrected chi connectivity index (χ1v) is 8.62. The van der Waals surface area contributed by atoms with E-state index >= 15 is 0 Å². The molecule has 0 atom stereocenters. The van der Waals surface area contributed by atoms with Crippen molar-refractivity contribution >= 4 is 27.0 Å². The number of hydrogen-bond donors (Lipinski definition) is 2. The number of hydrogen-bond acceptors (Lipinski definition) is 5. The molecule has 1 aromatic carbocycles. The van der Waals surface area contributed by atoms with Crippen LogP contribution in [-0.4, -0.2) is 19.9 Å². The molecule has 7 heteroatoms. The molecule has 2 aromatic rings. The number of sulfonamides is 1. The van der Waals surface area contributed by atoms with Crippen LogP contribution in [0.2, 0.25) is 0 Å². The molecule has 0 bridgehead atoms. The molecule has 108 valence electrons. The lowest BCUT2D eigenvalue weighted by Gasteiger charge is -2.08. The topological polar surface area (TPSA) is 71.1 Å². The van der Waals surface area contributed by atoms with Crippen LogP contribution in [0.25, 0.3) is 0 Å². The minimum absolute atomic E-state index is 0.265. The van der Waals surface area contributed by atoms with Crippen molar-refractivity contribution in [3.63, 3.8) is 0 Å². The first-order valence-electron chi connectivity index (χ1n) is 6.25. The molecule has 5 nitrogen and oxygen atoms in total. The number of aromatic nitrogens is 1. The maximum atomic E-state index is 12.2. The summed E-state index contributed by atoms with van der Waals surface area (Å²) < 4.78 is 26.9. The van der Waals surface area contributed by atoms with Crippen LogP contribution >= 0.6 is 11.3 Å². The zero-order valence-corrected chi connectivity index (χ0v) is 13.0. The molecule has 0 saturated carbocycles. The Bertz CT molecular complexity index is 663. The van der Waals surface area contributed by atoms with Crippen molar-refractivity contribution in [3.8, 4) is 0 Å². The van der Waals surface area contributed by atoms with E-state index in [1.54, 1.807) is 29.8 Å². The normalized spacial score (nSPS) is 11.5. The van der Waals surface area contributed by atoms with Crippen LogP contribution in [0.15, 0.2) is 34.7 Å². The highest BCUT2D eigenvalue weighted by Gasteiger charge is 2.14. The zero-order chi connectivity index (χ0) is 14.6. The van der Waals surface area contributed by atoms with Crippen molar-refractivity contribution in [1.29, 1.82) is 0 Å². The van der Waals surface area contributed by atoms with Gasteiger partial charge in [0.15, 0.2) is 0 Å². The van der Waals surface area contributed by atoms with E-state index in [9.17, 15) is 8.42 Å². The fraction of sp³-hybridized carbons (Fsp3) is 0.308. The van der Waals surface area contributed by atoms with Crippen molar-refractivity contribution in [2.24, 2.45) is 0 Å². The minimum Gasteiger partial charge on any atom is -0.385 e. The highest BCUT2D eigenvalue weighted by Crippen LogP contribution is 2.16. The number of anilines is 1. The quantitative estimate of drug-likeness (QED) is 0.859. The average Bonchev–Trinajstić information content (AvgIpc) is 2.83. The summed E-state index contributed by atoms with van der Waals surface area (Å²) >= 11 is 1.45. The summed E-state index contributed by atoms with van der Waals surface area (Å²) in [6.07, 6.45) is 0. The summed E-state index contributed by atoms with van der Waals surface area (Å²) in [5.74, 6) is 0. The molecule has 1 aromatic heterocycles. The molecular formula is C13H17N3O2S2. The van der Waals surface area contributed by atoms with Crippen LogP contribution in [0.5, 0.6) is 0 Å². The third-order valence-corrected chi connectivity index (χ3v) is 5.17. The van der Waals surface area contributed by atoms with Crippen LogP contribution in [0.3, 0.4) is 0 Å². The molecular weight excluding hydrogens is 294 g/mol. The summed E-state index contributed by atoms with van der Waals surface area (Å²) in [4.78, 5) is 5.29. The second-order valence-corrected chi connectivity index (χ2v) is 6.95. The van der Waals surface area contributed by atoms with Crippen molar-refractivity contribution in [1.82, 2.24) is 9.71 Å². The van der Waals surface area contributed by atoms with Gasteiger partial charge in [-0.15, -0.1) is 11.3 Å². The van der Waals surface area contributed by atoms with Crippen LogP contribution < -0.4 is 10.0 Å². The predicted octanol–water partition coefficient (Wildman–Crippen LogP) is 2.36. The fourth-order valence-corrected chi connectivity index (χ4v) is 3.50. The van der Waals surface area contributed by atoms with E-state index in [2.05, 4.69) is 15.0 Å². The highest BCUT2D eigenvalue weighted by molar-refractivity contribution is 7.89. The maximum absolute atomic E-state index is 12.2. The van der Waals surface area contributed by atoms with Crippen molar-refractivity contribution in [2.45, 2.75) is 25.3 Å². The van der Waals surface area contributed by atoms with E-state index in [1.807, 2.05) is 13.8 Å². The van der Waals surface area contributed by atoms with E-state index < -0.39 is 10.0 Å². The van der Waals surface area contributed by atoms with Gasteiger partial charge in [0.25, 0.3) is 0 Å². The van der Waals surface area contributed by atoms with E-state index in [1.165, 1.54) is 11.3 Å². The van der Waals surface area contributed by atoms with Crippen LogP contribution in [-0.2, 0) is 16.6 Å². The smallest absolute Gasteiger partial charge is 0.240 e. The maximum Gasteiger partial charge on any atom is 0.240 e. The van der Waals surface area contributed by atoms with Gasteiger partial charge >= 0.3 is 0 Å². The molecule has 2 rings (SSSR count). The molecule has 2 N–H and O–H groups in total. The van der Waals surface area contributed by atoms with Gasteiger partial charge in [-0.05, 0) is 38.1 Å². The van der Waals surface area contributed by atoms with Gasteiger partial charge in [0.1, 0.15) is 0 Å². The number of nitrogens with one attached hydrogen (secondary N) is 2. The molecule has 0 aliphatic carbocycles. The largest absolute Gasteiger partial charge is 0.385 e. The van der Waals surface area contributed by atoms with Gasteiger partial charge in [-0.25, -0.2) is 18.1 Å². The first-order chi connectivity index (χ1) is 9.53. The molecule has 0 fully saturated rings. The molecule has 0 radical (unpaired) electrons. The van der Waals surface area contributed by atoms with E-state index in [4.69, 9.17) is 0 Å². The van der Waals surface area contributed by atoms with E-state index in [0.717, 1.165) is 22.8 Å². The Labute approximate surface area is 123 Å². The summed E-state index contributed by atoms with van der Waals surface area (Å²) in [7, 11) is -3.48. The summed E-state index contributed by atoms with van der Waals surface area (Å²) in [6, 6.07) is 6.71. The average molecular weight is 311 g/mol. The van der Waals surface area contributed by atoms with Gasteiger partial charge in [-0.2, -0.15) is 0 Å². The van der Waals surface area contributed by atoms with Gasteiger partial charge < -0.3 is 5.32 Å². The Kier molecular flexibility index (Phi) is 4.74. The highest BCUT2D eigenvalue weighted by atomic mass is 32.2. The van der Waals surface area contributed by atoms with Crippen LogP contribution in [0.1, 0.15) is 17.5 Å². The summed E-state index contributed by atoms with van der Waals surface area (Å²) in [5.41, 5.74) is 3.48. The lowest BCUT2D eigenvalue weighted by Crippen LogP contribution is -2.23. The predicted molar refractivity (Wildman–Crippen MR) is 81.5 cm³/mol. The van der Waals surface area contributed by atoms with Crippen molar-refractivity contribution < 1.29 is 8.42 Å². The lowest BCUT2D eigenvalue weighted by molar-refractivity contribution is 0.581. The second-order valence-electron chi connectivity index (χ2n) is 4.24. The number of benzene rings is 1. The Morgan fingerprint density at radius 3 is 2.50 bits per heavy atom. The molecule has 20 heavy (non-hydrogen) atoms. The summed E-state index contributed by atoms with van der Waals surface area (Å²) in [6.45, 7) is 4.93.